The zero-order valence-electron chi connectivity index (χ0n) is 17.1. The van der Waals surface area contributed by atoms with Crippen molar-refractivity contribution in [2.75, 3.05) is 37.6 Å². The molecule has 164 valence electrons. The predicted octanol–water partition coefficient (Wildman–Crippen LogP) is 3.31. The van der Waals surface area contributed by atoms with E-state index in [0.717, 1.165) is 0 Å². The van der Waals surface area contributed by atoms with Crippen LogP contribution in [0.3, 0.4) is 0 Å². The number of nitriles is 1. The summed E-state index contributed by atoms with van der Waals surface area (Å²) >= 11 is 5.90. The minimum absolute atomic E-state index is 0.130. The highest BCUT2D eigenvalue weighted by molar-refractivity contribution is 6.30. The van der Waals surface area contributed by atoms with Gasteiger partial charge in [-0.3, -0.25) is 14.6 Å². The Morgan fingerprint density at radius 2 is 1.97 bits per heavy atom. The summed E-state index contributed by atoms with van der Waals surface area (Å²) in [7, 11) is 1.55. The molecule has 0 bridgehead atoms. The Balaban J connectivity index is 1.84. The number of ether oxygens (including phenoxy) is 2. The van der Waals surface area contributed by atoms with E-state index in [1.165, 1.54) is 0 Å². The van der Waals surface area contributed by atoms with Crippen LogP contribution in [-0.2, 0) is 14.3 Å². The molecule has 0 saturated heterocycles. The third-order valence-electron chi connectivity index (χ3n) is 4.22. The maximum absolute atomic E-state index is 12.5. The van der Waals surface area contributed by atoms with Gasteiger partial charge in [0.1, 0.15) is 18.2 Å². The Labute approximate surface area is 189 Å². The van der Waals surface area contributed by atoms with Gasteiger partial charge >= 0.3 is 0 Å². The molecule has 0 aliphatic carbocycles. The number of nitrogens with zero attached hydrogens (tertiary/aromatic N) is 2. The molecule has 0 spiro atoms. The van der Waals surface area contributed by atoms with Crippen molar-refractivity contribution in [3.8, 4) is 17.3 Å². The second kappa shape index (κ2) is 11.1. The second-order valence-corrected chi connectivity index (χ2v) is 6.99. The Morgan fingerprint density at radius 1 is 1.19 bits per heavy atom. The number of amides is 1. The van der Waals surface area contributed by atoms with Crippen molar-refractivity contribution < 1.29 is 14.3 Å². The fourth-order valence-electron chi connectivity index (χ4n) is 2.76. The number of H-pyrrole nitrogens is 1. The Bertz CT molecular complexity index is 1190. The van der Waals surface area contributed by atoms with Crippen molar-refractivity contribution in [1.29, 1.82) is 5.26 Å². The number of halogens is 1. The van der Waals surface area contributed by atoms with Gasteiger partial charge in [-0.15, -0.1) is 0 Å². The van der Waals surface area contributed by atoms with Crippen LogP contribution in [0.2, 0.25) is 5.02 Å². The molecule has 0 radical (unpaired) electrons. The number of benzene rings is 2. The van der Waals surface area contributed by atoms with Gasteiger partial charge in [-0.1, -0.05) is 23.7 Å². The summed E-state index contributed by atoms with van der Waals surface area (Å²) in [6.45, 7) is 0.561. The fraction of sp³-hybridized carbons (Fsp3) is 0.182. The van der Waals surface area contributed by atoms with Gasteiger partial charge in [0, 0.05) is 29.1 Å². The van der Waals surface area contributed by atoms with Crippen LogP contribution in [-0.4, -0.2) is 42.8 Å². The van der Waals surface area contributed by atoms with Gasteiger partial charge < -0.3 is 20.1 Å². The van der Waals surface area contributed by atoms with Gasteiger partial charge in [-0.05, 0) is 36.4 Å². The first-order valence-electron chi connectivity index (χ1n) is 9.54. The first-order chi connectivity index (χ1) is 15.5. The standard InChI is InChI=1S/C22H20ClN5O4/c1-31-9-10-32-13-19(29)25-17-4-2-3-14(11-17)20-18(12-24)21(30)28-22(27-20)26-16-7-5-15(23)6-8-16/h2-8,11H,9-10,13H2,1H3,(H,25,29)(H2,26,27,28,30). The third kappa shape index (κ3) is 6.15. The number of anilines is 3. The van der Waals surface area contributed by atoms with Crippen molar-refractivity contribution >= 4 is 34.8 Å². The first kappa shape index (κ1) is 23.0. The second-order valence-electron chi connectivity index (χ2n) is 6.56. The highest BCUT2D eigenvalue weighted by Gasteiger charge is 2.14. The monoisotopic (exact) mass is 453 g/mol. The summed E-state index contributed by atoms with van der Waals surface area (Å²) < 4.78 is 10.1. The highest BCUT2D eigenvalue weighted by Crippen LogP contribution is 2.24. The molecule has 0 aliphatic heterocycles. The molecule has 0 unspecified atom stereocenters. The lowest BCUT2D eigenvalue weighted by atomic mass is 10.1. The Morgan fingerprint density at radius 3 is 2.69 bits per heavy atom. The van der Waals surface area contributed by atoms with Crippen molar-refractivity contribution in [2.24, 2.45) is 0 Å². The number of carbonyl (C=O) groups is 1. The summed E-state index contributed by atoms with van der Waals surface area (Å²) in [5.74, 6) is -0.185. The maximum Gasteiger partial charge on any atom is 0.270 e. The Hall–Kier alpha value is -3.71. The predicted molar refractivity (Wildman–Crippen MR) is 121 cm³/mol. The molecule has 2 aromatic carbocycles. The van der Waals surface area contributed by atoms with E-state index in [4.69, 9.17) is 21.1 Å². The number of carbonyl (C=O) groups excluding carboxylic acids is 1. The number of aromatic nitrogens is 2. The van der Waals surface area contributed by atoms with E-state index in [9.17, 15) is 14.9 Å². The van der Waals surface area contributed by atoms with Crippen LogP contribution >= 0.6 is 11.6 Å². The highest BCUT2D eigenvalue weighted by atomic mass is 35.5. The molecule has 1 amide bonds. The maximum atomic E-state index is 12.5. The average Bonchev–Trinajstić information content (AvgIpc) is 2.78. The molecule has 1 heterocycles. The van der Waals surface area contributed by atoms with Crippen LogP contribution in [0.4, 0.5) is 17.3 Å². The van der Waals surface area contributed by atoms with Gasteiger partial charge in [0.05, 0.1) is 18.9 Å². The molecular weight excluding hydrogens is 434 g/mol. The third-order valence-corrected chi connectivity index (χ3v) is 4.47. The van der Waals surface area contributed by atoms with Crippen LogP contribution in [0.1, 0.15) is 5.56 Å². The van der Waals surface area contributed by atoms with E-state index in [2.05, 4.69) is 20.6 Å². The summed E-state index contributed by atoms with van der Waals surface area (Å²) in [6, 6.07) is 15.4. The molecule has 0 fully saturated rings. The zero-order chi connectivity index (χ0) is 22.9. The van der Waals surface area contributed by atoms with Gasteiger partial charge in [-0.25, -0.2) is 4.98 Å². The van der Waals surface area contributed by atoms with Crippen LogP contribution in [0.25, 0.3) is 11.3 Å². The molecule has 0 aliphatic rings. The van der Waals surface area contributed by atoms with Crippen LogP contribution in [0.15, 0.2) is 53.3 Å². The molecule has 32 heavy (non-hydrogen) atoms. The molecule has 3 rings (SSSR count). The average molecular weight is 454 g/mol. The largest absolute Gasteiger partial charge is 0.382 e. The SMILES string of the molecule is COCCOCC(=O)Nc1cccc(-c2nc(Nc3ccc(Cl)cc3)[nH]c(=O)c2C#N)c1. The van der Waals surface area contributed by atoms with Gasteiger partial charge in [0.25, 0.3) is 5.56 Å². The summed E-state index contributed by atoms with van der Waals surface area (Å²) in [5.41, 5.74) is 1.07. The van der Waals surface area contributed by atoms with E-state index in [1.807, 2.05) is 6.07 Å². The van der Waals surface area contributed by atoms with Crippen molar-refractivity contribution in [3.05, 3.63) is 69.5 Å². The topological polar surface area (TPSA) is 129 Å². The number of nitrogens with one attached hydrogen (secondary N) is 3. The summed E-state index contributed by atoms with van der Waals surface area (Å²) in [4.78, 5) is 31.5. The molecule has 0 saturated carbocycles. The molecule has 9 nitrogen and oxygen atoms in total. The van der Waals surface area contributed by atoms with Crippen molar-refractivity contribution in [2.45, 2.75) is 0 Å². The smallest absolute Gasteiger partial charge is 0.270 e. The molecular formula is C22H20ClN5O4. The van der Waals surface area contributed by atoms with E-state index >= 15 is 0 Å². The minimum Gasteiger partial charge on any atom is -0.382 e. The quantitative estimate of drug-likeness (QED) is 0.424. The van der Waals surface area contributed by atoms with E-state index in [-0.39, 0.29) is 29.7 Å². The number of hydrogen-bond donors (Lipinski definition) is 3. The summed E-state index contributed by atoms with van der Waals surface area (Å²) in [6.07, 6.45) is 0. The van der Waals surface area contributed by atoms with Crippen molar-refractivity contribution in [1.82, 2.24) is 9.97 Å². The van der Waals surface area contributed by atoms with E-state index < -0.39 is 5.56 Å². The molecule has 3 N–H and O–H groups in total. The fourth-order valence-corrected chi connectivity index (χ4v) is 2.89. The normalized spacial score (nSPS) is 10.4. The van der Waals surface area contributed by atoms with Crippen LogP contribution < -0.4 is 16.2 Å². The number of methoxy groups -OCH3 is 1. The molecule has 0 atom stereocenters. The van der Waals surface area contributed by atoms with E-state index in [1.54, 1.807) is 55.6 Å². The Kier molecular flexibility index (Phi) is 7.94. The minimum atomic E-state index is -0.588. The van der Waals surface area contributed by atoms with Gasteiger partial charge in [-0.2, -0.15) is 5.26 Å². The van der Waals surface area contributed by atoms with Gasteiger partial charge in [0.15, 0.2) is 0 Å². The molecule has 3 aromatic rings. The lowest BCUT2D eigenvalue weighted by molar-refractivity contribution is -0.121. The lowest BCUT2D eigenvalue weighted by Gasteiger charge is -2.11. The van der Waals surface area contributed by atoms with Crippen LogP contribution in [0, 0.1) is 11.3 Å². The zero-order valence-corrected chi connectivity index (χ0v) is 17.9. The van der Waals surface area contributed by atoms with Crippen LogP contribution in [0.5, 0.6) is 0 Å². The molecule has 1 aromatic heterocycles. The molecule has 10 heteroatoms. The summed E-state index contributed by atoms with van der Waals surface area (Å²) in [5, 5.41) is 15.7. The van der Waals surface area contributed by atoms with Crippen molar-refractivity contribution in [3.63, 3.8) is 0 Å². The number of hydrogen-bond acceptors (Lipinski definition) is 7. The van der Waals surface area contributed by atoms with Gasteiger partial charge in [0.2, 0.25) is 11.9 Å². The number of rotatable bonds is 9. The first-order valence-corrected chi connectivity index (χ1v) is 9.92. The number of aromatic amines is 1. The lowest BCUT2D eigenvalue weighted by Crippen LogP contribution is -2.19. The van der Waals surface area contributed by atoms with E-state index in [0.29, 0.717) is 35.2 Å².